The molecule has 6 heteroatoms. The average Bonchev–Trinajstić information content (AvgIpc) is 2.99. The maximum absolute atomic E-state index is 12.5. The van der Waals surface area contributed by atoms with Crippen molar-refractivity contribution in [2.45, 2.75) is 23.5 Å². The van der Waals surface area contributed by atoms with E-state index in [1.54, 1.807) is 30.0 Å². The number of anilines is 2. The first-order chi connectivity index (χ1) is 11.6. The number of ether oxygens (including phenoxy) is 1. The zero-order valence-corrected chi connectivity index (χ0v) is 14.3. The van der Waals surface area contributed by atoms with Gasteiger partial charge in [0.15, 0.2) is 0 Å². The molecule has 1 heterocycles. The third kappa shape index (κ3) is 3.54. The summed E-state index contributed by atoms with van der Waals surface area (Å²) in [7, 11) is 1.53. The number of benzene rings is 2. The highest BCUT2D eigenvalue weighted by Gasteiger charge is 2.28. The van der Waals surface area contributed by atoms with Crippen LogP contribution in [-0.2, 0) is 16.0 Å². The number of amides is 2. The molecule has 0 aliphatic carbocycles. The lowest BCUT2D eigenvalue weighted by atomic mass is 10.1. The van der Waals surface area contributed by atoms with Crippen LogP contribution in [0.15, 0.2) is 47.4 Å². The normalized spacial score (nSPS) is 15.5. The molecule has 1 atom stereocenters. The molecule has 2 aromatic carbocycles. The monoisotopic (exact) mass is 342 g/mol. The first kappa shape index (κ1) is 16.4. The number of hydrogen-bond donors (Lipinski definition) is 2. The molecule has 124 valence electrons. The van der Waals surface area contributed by atoms with Crippen molar-refractivity contribution in [2.75, 3.05) is 17.7 Å². The summed E-state index contributed by atoms with van der Waals surface area (Å²) in [5.74, 6) is 0.305. The fourth-order valence-corrected chi connectivity index (χ4v) is 3.82. The molecule has 0 bridgehead atoms. The fraction of sp³-hybridized carbons (Fsp3) is 0.222. The Hall–Kier alpha value is -2.47. The Morgan fingerprint density at radius 1 is 1.17 bits per heavy atom. The molecule has 2 N–H and O–H groups in total. The molecule has 2 aromatic rings. The van der Waals surface area contributed by atoms with Gasteiger partial charge in [-0.2, -0.15) is 0 Å². The highest BCUT2D eigenvalue weighted by atomic mass is 32.2. The fourth-order valence-electron chi connectivity index (χ4n) is 2.62. The van der Waals surface area contributed by atoms with E-state index in [0.29, 0.717) is 17.1 Å². The SMILES string of the molecule is COc1ccc(NC(=O)C2Cc3ccccc3S2)cc1NC(C)=O. The van der Waals surface area contributed by atoms with Crippen LogP contribution in [0.4, 0.5) is 11.4 Å². The standard InChI is InChI=1S/C18H18N2O3S/c1-11(21)19-14-10-13(7-8-15(14)23-2)20-18(22)17-9-12-5-3-4-6-16(12)24-17/h3-8,10,17H,9H2,1-2H3,(H,19,21)(H,20,22). The van der Waals surface area contributed by atoms with Crippen molar-refractivity contribution in [1.29, 1.82) is 0 Å². The molecule has 0 saturated heterocycles. The van der Waals surface area contributed by atoms with Gasteiger partial charge in [0, 0.05) is 17.5 Å². The Balaban J connectivity index is 1.72. The van der Waals surface area contributed by atoms with Crippen molar-refractivity contribution in [3.63, 3.8) is 0 Å². The van der Waals surface area contributed by atoms with Crippen LogP contribution in [0.5, 0.6) is 5.75 Å². The topological polar surface area (TPSA) is 67.4 Å². The molecule has 5 nitrogen and oxygen atoms in total. The molecule has 0 radical (unpaired) electrons. The van der Waals surface area contributed by atoms with Gasteiger partial charge in [-0.15, -0.1) is 11.8 Å². The van der Waals surface area contributed by atoms with Crippen molar-refractivity contribution in [1.82, 2.24) is 0 Å². The summed E-state index contributed by atoms with van der Waals surface area (Å²) < 4.78 is 5.22. The van der Waals surface area contributed by atoms with E-state index in [1.165, 1.54) is 19.6 Å². The van der Waals surface area contributed by atoms with E-state index >= 15 is 0 Å². The van der Waals surface area contributed by atoms with Crippen molar-refractivity contribution < 1.29 is 14.3 Å². The minimum atomic E-state index is -0.196. The Morgan fingerprint density at radius 2 is 1.96 bits per heavy atom. The lowest BCUT2D eigenvalue weighted by Gasteiger charge is -2.13. The Bertz CT molecular complexity index is 767. The minimum absolute atomic E-state index is 0.0462. The first-order valence-electron chi connectivity index (χ1n) is 7.58. The Labute approximate surface area is 144 Å². The number of carbonyl (C=O) groups is 2. The Morgan fingerprint density at radius 3 is 2.67 bits per heavy atom. The molecule has 24 heavy (non-hydrogen) atoms. The molecule has 0 spiro atoms. The smallest absolute Gasteiger partial charge is 0.238 e. The number of methoxy groups -OCH3 is 1. The second-order valence-electron chi connectivity index (χ2n) is 5.50. The molecular formula is C18H18N2O3S. The molecule has 0 aromatic heterocycles. The molecule has 3 rings (SSSR count). The summed E-state index contributed by atoms with van der Waals surface area (Å²) in [6, 6.07) is 13.2. The van der Waals surface area contributed by atoms with Gasteiger partial charge in [0.1, 0.15) is 5.75 Å². The highest BCUT2D eigenvalue weighted by Crippen LogP contribution is 2.37. The van der Waals surface area contributed by atoms with Gasteiger partial charge in [0.05, 0.1) is 18.0 Å². The second-order valence-corrected chi connectivity index (χ2v) is 6.75. The largest absolute Gasteiger partial charge is 0.495 e. The molecule has 1 aliphatic rings. The minimum Gasteiger partial charge on any atom is -0.495 e. The number of nitrogens with one attached hydrogen (secondary N) is 2. The summed E-state index contributed by atoms with van der Waals surface area (Å²) in [5, 5.41) is 5.47. The highest BCUT2D eigenvalue weighted by molar-refractivity contribution is 8.01. The van der Waals surface area contributed by atoms with E-state index in [1.807, 2.05) is 18.2 Å². The third-order valence-electron chi connectivity index (χ3n) is 3.72. The zero-order valence-electron chi connectivity index (χ0n) is 13.5. The molecule has 0 saturated carbocycles. The van der Waals surface area contributed by atoms with Gasteiger partial charge in [-0.3, -0.25) is 9.59 Å². The predicted molar refractivity (Wildman–Crippen MR) is 95.7 cm³/mol. The van der Waals surface area contributed by atoms with Crippen LogP contribution in [0.2, 0.25) is 0 Å². The van der Waals surface area contributed by atoms with Gasteiger partial charge in [-0.1, -0.05) is 18.2 Å². The number of carbonyl (C=O) groups excluding carboxylic acids is 2. The lowest BCUT2D eigenvalue weighted by Crippen LogP contribution is -2.24. The summed E-state index contributed by atoms with van der Waals surface area (Å²) in [4.78, 5) is 25.0. The molecule has 1 aliphatic heterocycles. The summed E-state index contributed by atoms with van der Waals surface area (Å²) >= 11 is 1.58. The average molecular weight is 342 g/mol. The number of thioether (sulfide) groups is 1. The number of fused-ring (bicyclic) bond motifs is 1. The van der Waals surface area contributed by atoms with Crippen LogP contribution < -0.4 is 15.4 Å². The van der Waals surface area contributed by atoms with Crippen LogP contribution >= 0.6 is 11.8 Å². The van der Waals surface area contributed by atoms with E-state index in [4.69, 9.17) is 4.74 Å². The van der Waals surface area contributed by atoms with Gasteiger partial charge in [-0.05, 0) is 36.2 Å². The molecule has 0 fully saturated rings. The third-order valence-corrected chi connectivity index (χ3v) is 5.03. The Kier molecular flexibility index (Phi) is 4.76. The van der Waals surface area contributed by atoms with Gasteiger partial charge in [0.2, 0.25) is 11.8 Å². The maximum Gasteiger partial charge on any atom is 0.238 e. The van der Waals surface area contributed by atoms with E-state index in [2.05, 4.69) is 16.7 Å². The number of hydrogen-bond acceptors (Lipinski definition) is 4. The van der Waals surface area contributed by atoms with Crippen LogP contribution in [0, 0.1) is 0 Å². The molecule has 2 amide bonds. The number of rotatable bonds is 4. The lowest BCUT2D eigenvalue weighted by molar-refractivity contribution is -0.116. The van der Waals surface area contributed by atoms with Crippen LogP contribution in [-0.4, -0.2) is 24.2 Å². The predicted octanol–water partition coefficient (Wildman–Crippen LogP) is 3.31. The zero-order chi connectivity index (χ0) is 17.1. The summed E-state index contributed by atoms with van der Waals surface area (Å²) in [6.07, 6.45) is 0.724. The van der Waals surface area contributed by atoms with Crippen molar-refractivity contribution >= 4 is 35.0 Å². The van der Waals surface area contributed by atoms with Crippen molar-refractivity contribution in [3.8, 4) is 5.75 Å². The van der Waals surface area contributed by atoms with Crippen molar-refractivity contribution in [3.05, 3.63) is 48.0 Å². The van der Waals surface area contributed by atoms with Gasteiger partial charge >= 0.3 is 0 Å². The van der Waals surface area contributed by atoms with E-state index < -0.39 is 0 Å². The molecular weight excluding hydrogens is 324 g/mol. The van der Waals surface area contributed by atoms with E-state index in [9.17, 15) is 9.59 Å². The summed E-state index contributed by atoms with van der Waals surface area (Å²) in [6.45, 7) is 1.43. The van der Waals surface area contributed by atoms with E-state index in [0.717, 1.165) is 11.3 Å². The van der Waals surface area contributed by atoms with Gasteiger partial charge < -0.3 is 15.4 Å². The van der Waals surface area contributed by atoms with Gasteiger partial charge in [-0.25, -0.2) is 0 Å². The molecule has 1 unspecified atom stereocenters. The van der Waals surface area contributed by atoms with E-state index in [-0.39, 0.29) is 17.1 Å². The quantitative estimate of drug-likeness (QED) is 0.894. The second kappa shape index (κ2) is 6.97. The summed E-state index contributed by atoms with van der Waals surface area (Å²) in [5.41, 5.74) is 2.36. The van der Waals surface area contributed by atoms with Crippen LogP contribution in [0.1, 0.15) is 12.5 Å². The maximum atomic E-state index is 12.5. The van der Waals surface area contributed by atoms with Crippen LogP contribution in [0.3, 0.4) is 0 Å². The van der Waals surface area contributed by atoms with Gasteiger partial charge in [0.25, 0.3) is 0 Å². The first-order valence-corrected chi connectivity index (χ1v) is 8.46. The van der Waals surface area contributed by atoms with Crippen molar-refractivity contribution in [2.24, 2.45) is 0 Å². The van der Waals surface area contributed by atoms with Crippen LogP contribution in [0.25, 0.3) is 0 Å².